The van der Waals surface area contributed by atoms with Crippen LogP contribution in [0.5, 0.6) is 11.5 Å². The van der Waals surface area contributed by atoms with Crippen LogP contribution >= 0.6 is 11.6 Å². The summed E-state index contributed by atoms with van der Waals surface area (Å²) in [6.07, 6.45) is 1.29. The number of carboxylic acids is 1. The number of halogens is 1. The Morgan fingerprint density at radius 1 is 0.925 bits per heavy atom. The fourth-order valence-corrected chi connectivity index (χ4v) is 5.53. The number of aromatic carboxylic acids is 1. The molecular formula is C33H31ClN2O4. The van der Waals surface area contributed by atoms with Gasteiger partial charge < -0.3 is 24.9 Å². The molecule has 204 valence electrons. The molecule has 0 aliphatic carbocycles. The van der Waals surface area contributed by atoms with Gasteiger partial charge in [-0.05, 0) is 53.6 Å². The van der Waals surface area contributed by atoms with Gasteiger partial charge in [0.1, 0.15) is 17.1 Å². The van der Waals surface area contributed by atoms with Crippen molar-refractivity contribution < 1.29 is 19.4 Å². The summed E-state index contributed by atoms with van der Waals surface area (Å²) >= 11 is 6.52. The predicted octanol–water partition coefficient (Wildman–Crippen LogP) is 6.76. The Kier molecular flexibility index (Phi) is 8.39. The maximum absolute atomic E-state index is 11.5. The van der Waals surface area contributed by atoms with Crippen molar-refractivity contribution in [3.63, 3.8) is 0 Å². The largest absolute Gasteiger partial charge is 0.496 e. The molecule has 7 heteroatoms. The van der Waals surface area contributed by atoms with E-state index in [-0.39, 0.29) is 17.4 Å². The minimum Gasteiger partial charge on any atom is -0.496 e. The van der Waals surface area contributed by atoms with Gasteiger partial charge in [0.05, 0.1) is 19.8 Å². The van der Waals surface area contributed by atoms with Crippen LogP contribution in [0.25, 0.3) is 10.9 Å². The molecule has 0 fully saturated rings. The quantitative estimate of drug-likeness (QED) is 0.188. The van der Waals surface area contributed by atoms with E-state index < -0.39 is 5.97 Å². The fourth-order valence-electron chi connectivity index (χ4n) is 5.36. The van der Waals surface area contributed by atoms with Crippen molar-refractivity contribution >= 4 is 28.5 Å². The van der Waals surface area contributed by atoms with Gasteiger partial charge in [0.2, 0.25) is 0 Å². The van der Waals surface area contributed by atoms with Crippen molar-refractivity contribution in [1.82, 2.24) is 4.57 Å². The number of methoxy groups -OCH3 is 1. The van der Waals surface area contributed by atoms with Crippen LogP contribution in [0.2, 0.25) is 5.02 Å². The fraction of sp³-hybridized carbons (Fsp3) is 0.182. The smallest absolute Gasteiger partial charge is 0.339 e. The molecule has 0 amide bonds. The second kappa shape index (κ2) is 12.3. The van der Waals surface area contributed by atoms with E-state index >= 15 is 0 Å². The van der Waals surface area contributed by atoms with Gasteiger partial charge in [-0.3, -0.25) is 0 Å². The summed E-state index contributed by atoms with van der Waals surface area (Å²) in [4.78, 5) is 11.5. The molecule has 0 saturated carbocycles. The van der Waals surface area contributed by atoms with Crippen molar-refractivity contribution in [1.29, 1.82) is 0 Å². The Balaban J connectivity index is 1.59. The number of nitrogens with two attached hydrogens (primary N) is 1. The van der Waals surface area contributed by atoms with Gasteiger partial charge in [0.25, 0.3) is 0 Å². The molecule has 0 aliphatic rings. The normalized spacial score (nSPS) is 11.2. The lowest BCUT2D eigenvalue weighted by Crippen LogP contribution is -2.18. The average molecular weight is 555 g/mol. The van der Waals surface area contributed by atoms with E-state index in [1.54, 1.807) is 12.1 Å². The van der Waals surface area contributed by atoms with E-state index in [1.807, 2.05) is 24.3 Å². The van der Waals surface area contributed by atoms with Crippen molar-refractivity contribution in [3.05, 3.63) is 130 Å². The third kappa shape index (κ3) is 5.55. The second-order valence-corrected chi connectivity index (χ2v) is 9.92. The van der Waals surface area contributed by atoms with Crippen molar-refractivity contribution in [2.45, 2.75) is 18.9 Å². The zero-order valence-corrected chi connectivity index (χ0v) is 23.0. The van der Waals surface area contributed by atoms with Gasteiger partial charge in [-0.25, -0.2) is 4.79 Å². The number of benzene rings is 4. The zero-order chi connectivity index (χ0) is 28.1. The maximum Gasteiger partial charge on any atom is 0.339 e. The van der Waals surface area contributed by atoms with E-state index in [4.69, 9.17) is 26.8 Å². The van der Waals surface area contributed by atoms with E-state index in [9.17, 15) is 9.90 Å². The highest BCUT2D eigenvalue weighted by molar-refractivity contribution is 6.31. The molecule has 5 rings (SSSR count). The summed E-state index contributed by atoms with van der Waals surface area (Å²) in [6, 6.07) is 31.6. The Hall–Kier alpha value is -4.26. The first-order chi connectivity index (χ1) is 19.5. The molecule has 0 aliphatic heterocycles. The number of carboxylic acid groups (broad SMARTS) is 1. The van der Waals surface area contributed by atoms with Gasteiger partial charge >= 0.3 is 5.97 Å². The lowest BCUT2D eigenvalue weighted by molar-refractivity contribution is 0.0693. The molecular weight excluding hydrogens is 524 g/mol. The van der Waals surface area contributed by atoms with Gasteiger partial charge in [-0.1, -0.05) is 72.3 Å². The summed E-state index contributed by atoms with van der Waals surface area (Å²) in [5.74, 6) is -0.257. The minimum absolute atomic E-state index is 0.0601. The number of hydrogen-bond donors (Lipinski definition) is 2. The van der Waals surface area contributed by atoms with Crippen LogP contribution in [0, 0.1) is 0 Å². The van der Waals surface area contributed by atoms with Crippen molar-refractivity contribution in [3.8, 4) is 11.5 Å². The lowest BCUT2D eigenvalue weighted by atomic mass is 9.97. The van der Waals surface area contributed by atoms with Crippen LogP contribution in [-0.4, -0.2) is 35.9 Å². The summed E-state index contributed by atoms with van der Waals surface area (Å²) in [7, 11) is 1.44. The topological polar surface area (TPSA) is 86.7 Å². The number of hydrogen-bond acceptors (Lipinski definition) is 4. The first kappa shape index (κ1) is 27.3. The third-order valence-electron chi connectivity index (χ3n) is 7.08. The summed E-state index contributed by atoms with van der Waals surface area (Å²) in [6.45, 7) is 0.863. The molecule has 4 aromatic carbocycles. The second-order valence-electron chi connectivity index (χ2n) is 9.49. The summed E-state index contributed by atoms with van der Waals surface area (Å²) in [5, 5.41) is 11.1. The number of ether oxygens (including phenoxy) is 2. The molecule has 3 N–H and O–H groups in total. The molecule has 40 heavy (non-hydrogen) atoms. The van der Waals surface area contributed by atoms with Gasteiger partial charge in [0.15, 0.2) is 0 Å². The van der Waals surface area contributed by atoms with Crippen LogP contribution in [0.15, 0.2) is 97.1 Å². The Labute approximate surface area is 238 Å². The number of carbonyl (C=O) groups is 1. The standard InChI is InChI=1S/C33H31ClN2O4/c1-39-31-21-25(13-14-27(31)33(37)38)40-19-17-26-28-20-24(34)12-15-29(28)36(30(26)16-18-35)32(22-8-4-2-5-9-22)23-10-6-3-7-11-23/h2-15,20-21,32H,16-19,35H2,1H3,(H,37,38). The molecule has 0 saturated heterocycles. The Morgan fingerprint density at radius 2 is 1.60 bits per heavy atom. The highest BCUT2D eigenvalue weighted by atomic mass is 35.5. The van der Waals surface area contributed by atoms with Gasteiger partial charge in [0, 0.05) is 40.5 Å². The molecule has 5 aromatic rings. The molecule has 1 aromatic heterocycles. The van der Waals surface area contributed by atoms with Gasteiger partial charge in [-0.2, -0.15) is 0 Å². The SMILES string of the molecule is COc1cc(OCCc2c(CCN)n(C(c3ccccc3)c3ccccc3)c3ccc(Cl)cc23)ccc1C(=O)O. The summed E-state index contributed by atoms with van der Waals surface area (Å²) in [5.41, 5.74) is 12.0. The van der Waals surface area contributed by atoms with Crippen LogP contribution in [0.3, 0.4) is 0 Å². The number of nitrogens with zero attached hydrogens (tertiary/aromatic N) is 1. The van der Waals surface area contributed by atoms with Crippen LogP contribution in [-0.2, 0) is 12.8 Å². The molecule has 0 bridgehead atoms. The zero-order valence-electron chi connectivity index (χ0n) is 22.2. The lowest BCUT2D eigenvalue weighted by Gasteiger charge is -2.25. The highest BCUT2D eigenvalue weighted by Gasteiger charge is 2.25. The summed E-state index contributed by atoms with van der Waals surface area (Å²) < 4.78 is 13.7. The molecule has 0 radical (unpaired) electrons. The van der Waals surface area contributed by atoms with Gasteiger partial charge in [-0.15, -0.1) is 0 Å². The number of aromatic nitrogens is 1. The van der Waals surface area contributed by atoms with Crippen LogP contribution in [0.1, 0.15) is 38.8 Å². The van der Waals surface area contributed by atoms with Crippen LogP contribution in [0.4, 0.5) is 0 Å². The first-order valence-electron chi connectivity index (χ1n) is 13.2. The maximum atomic E-state index is 11.5. The molecule has 0 spiro atoms. The monoisotopic (exact) mass is 554 g/mol. The average Bonchev–Trinajstić information content (AvgIpc) is 3.26. The predicted molar refractivity (Wildman–Crippen MR) is 159 cm³/mol. The molecule has 0 atom stereocenters. The molecule has 0 unspecified atom stereocenters. The molecule has 1 heterocycles. The third-order valence-corrected chi connectivity index (χ3v) is 7.31. The first-order valence-corrected chi connectivity index (χ1v) is 13.5. The van der Waals surface area contributed by atoms with Crippen molar-refractivity contribution in [2.75, 3.05) is 20.3 Å². The van der Waals surface area contributed by atoms with E-state index in [2.05, 4.69) is 59.2 Å². The van der Waals surface area contributed by atoms with E-state index in [0.717, 1.165) is 22.2 Å². The number of fused-ring (bicyclic) bond motifs is 1. The van der Waals surface area contributed by atoms with Crippen LogP contribution < -0.4 is 15.2 Å². The van der Waals surface area contributed by atoms with Crippen molar-refractivity contribution in [2.24, 2.45) is 5.73 Å². The van der Waals surface area contributed by atoms with E-state index in [0.29, 0.717) is 36.8 Å². The Bertz CT molecular complexity index is 1580. The minimum atomic E-state index is -1.05. The highest BCUT2D eigenvalue weighted by Crippen LogP contribution is 2.37. The molecule has 6 nitrogen and oxygen atoms in total. The Morgan fingerprint density at radius 3 is 2.20 bits per heavy atom. The van der Waals surface area contributed by atoms with E-state index in [1.165, 1.54) is 24.3 Å². The number of rotatable bonds is 11.